The number of hydrogen-bond acceptors (Lipinski definition) is 2. The van der Waals surface area contributed by atoms with Gasteiger partial charge in [0.05, 0.1) is 0 Å². The van der Waals surface area contributed by atoms with Gasteiger partial charge < -0.3 is 4.74 Å². The second-order valence-corrected chi connectivity index (χ2v) is 4.66. The molecule has 3 nitrogen and oxygen atoms in total. The Kier molecular flexibility index (Phi) is 2.62. The number of carbonyl (C=O) groups is 1. The first-order valence-electron chi connectivity index (χ1n) is 5.57. The summed E-state index contributed by atoms with van der Waals surface area (Å²) in [6, 6.07) is 10.2. The summed E-state index contributed by atoms with van der Waals surface area (Å²) in [6.45, 7) is 6.49. The molecule has 16 heavy (non-hydrogen) atoms. The number of carbonyl (C=O) groups excluding carboxylic acids is 1. The molecule has 0 saturated carbocycles. The van der Waals surface area contributed by atoms with E-state index < -0.39 is 0 Å². The van der Waals surface area contributed by atoms with E-state index in [1.807, 2.05) is 56.0 Å². The summed E-state index contributed by atoms with van der Waals surface area (Å²) in [5, 5.41) is 0. The van der Waals surface area contributed by atoms with Gasteiger partial charge in [-0.1, -0.05) is 30.3 Å². The Morgan fingerprint density at radius 1 is 1.31 bits per heavy atom. The molecule has 1 saturated heterocycles. The third-order valence-corrected chi connectivity index (χ3v) is 3.12. The zero-order valence-electron chi connectivity index (χ0n) is 9.93. The maximum absolute atomic E-state index is 11.7. The van der Waals surface area contributed by atoms with Crippen LogP contribution in [0.1, 0.15) is 26.3 Å². The summed E-state index contributed by atoms with van der Waals surface area (Å²) in [4.78, 5) is 13.5. The average Bonchev–Trinajstić information content (AvgIpc) is 2.57. The van der Waals surface area contributed by atoms with Crippen molar-refractivity contribution in [3.05, 3.63) is 35.9 Å². The molecule has 1 heterocycles. The number of cyclic esters (lactones) is 1. The van der Waals surface area contributed by atoms with E-state index in [4.69, 9.17) is 4.74 Å². The van der Waals surface area contributed by atoms with Gasteiger partial charge in [-0.25, -0.2) is 4.79 Å². The third-order valence-electron chi connectivity index (χ3n) is 3.12. The Balaban J connectivity index is 2.41. The van der Waals surface area contributed by atoms with Crippen LogP contribution in [0.3, 0.4) is 0 Å². The molecular weight excluding hydrogens is 202 g/mol. The highest BCUT2D eigenvalue weighted by Crippen LogP contribution is 2.35. The third kappa shape index (κ3) is 1.56. The SMILES string of the molecule is CC(C)N1C(=O)OCC1(C)c1ccccc1. The normalized spacial score (nSPS) is 25.0. The Bertz CT molecular complexity index is 388. The van der Waals surface area contributed by atoms with Crippen molar-refractivity contribution in [1.82, 2.24) is 4.90 Å². The summed E-state index contributed by atoms with van der Waals surface area (Å²) in [7, 11) is 0. The first-order chi connectivity index (χ1) is 7.55. The lowest BCUT2D eigenvalue weighted by Gasteiger charge is -2.35. The summed E-state index contributed by atoms with van der Waals surface area (Å²) in [5.74, 6) is 0. The monoisotopic (exact) mass is 219 g/mol. The molecule has 0 bridgehead atoms. The van der Waals surface area contributed by atoms with Crippen LogP contribution in [-0.4, -0.2) is 23.6 Å². The summed E-state index contributed by atoms with van der Waals surface area (Å²) < 4.78 is 5.18. The molecule has 2 rings (SSSR count). The fraction of sp³-hybridized carbons (Fsp3) is 0.462. The second kappa shape index (κ2) is 3.81. The van der Waals surface area contributed by atoms with E-state index in [1.165, 1.54) is 0 Å². The van der Waals surface area contributed by atoms with Crippen LogP contribution in [0.15, 0.2) is 30.3 Å². The molecular formula is C13H17NO2. The molecule has 86 valence electrons. The molecule has 1 amide bonds. The van der Waals surface area contributed by atoms with E-state index in [1.54, 1.807) is 0 Å². The van der Waals surface area contributed by atoms with Crippen LogP contribution in [0.4, 0.5) is 4.79 Å². The molecule has 0 aliphatic carbocycles. The van der Waals surface area contributed by atoms with Gasteiger partial charge in [-0.3, -0.25) is 4.90 Å². The van der Waals surface area contributed by atoms with Crippen molar-refractivity contribution in [2.75, 3.05) is 6.61 Å². The lowest BCUT2D eigenvalue weighted by atomic mass is 9.91. The lowest BCUT2D eigenvalue weighted by molar-refractivity contribution is 0.135. The van der Waals surface area contributed by atoms with Crippen molar-refractivity contribution in [1.29, 1.82) is 0 Å². The van der Waals surface area contributed by atoms with Crippen molar-refractivity contribution in [3.63, 3.8) is 0 Å². The summed E-state index contributed by atoms with van der Waals surface area (Å²) in [5.41, 5.74) is 0.779. The molecule has 1 aliphatic heterocycles. The van der Waals surface area contributed by atoms with E-state index in [0.717, 1.165) is 5.56 Å². The van der Waals surface area contributed by atoms with Gasteiger partial charge in [0.2, 0.25) is 0 Å². The van der Waals surface area contributed by atoms with Gasteiger partial charge in [-0.05, 0) is 26.3 Å². The molecule has 1 aromatic carbocycles. The first-order valence-corrected chi connectivity index (χ1v) is 5.57. The highest BCUT2D eigenvalue weighted by atomic mass is 16.6. The maximum Gasteiger partial charge on any atom is 0.410 e. The number of benzene rings is 1. The van der Waals surface area contributed by atoms with Crippen LogP contribution in [-0.2, 0) is 10.3 Å². The van der Waals surface area contributed by atoms with Crippen LogP contribution < -0.4 is 0 Å². The van der Waals surface area contributed by atoms with Crippen molar-refractivity contribution >= 4 is 6.09 Å². The Morgan fingerprint density at radius 2 is 1.94 bits per heavy atom. The van der Waals surface area contributed by atoms with Crippen molar-refractivity contribution < 1.29 is 9.53 Å². The Hall–Kier alpha value is -1.51. The first kappa shape index (κ1) is 11.0. The quantitative estimate of drug-likeness (QED) is 0.765. The van der Waals surface area contributed by atoms with Crippen LogP contribution in [0.2, 0.25) is 0 Å². The summed E-state index contributed by atoms with van der Waals surface area (Å²) in [6.07, 6.45) is -0.221. The Labute approximate surface area is 96.0 Å². The smallest absolute Gasteiger partial charge is 0.410 e. The molecule has 0 N–H and O–H groups in total. The zero-order chi connectivity index (χ0) is 11.8. The largest absolute Gasteiger partial charge is 0.447 e. The van der Waals surface area contributed by atoms with Crippen LogP contribution >= 0.6 is 0 Å². The molecule has 0 aromatic heterocycles. The van der Waals surface area contributed by atoms with Gasteiger partial charge in [0, 0.05) is 6.04 Å². The van der Waals surface area contributed by atoms with E-state index >= 15 is 0 Å². The van der Waals surface area contributed by atoms with E-state index in [2.05, 4.69) is 0 Å². The number of amides is 1. The minimum absolute atomic E-state index is 0.139. The van der Waals surface area contributed by atoms with E-state index in [0.29, 0.717) is 6.61 Å². The number of hydrogen-bond donors (Lipinski definition) is 0. The molecule has 1 fully saturated rings. The van der Waals surface area contributed by atoms with Crippen LogP contribution in [0.25, 0.3) is 0 Å². The van der Waals surface area contributed by atoms with Crippen LogP contribution in [0.5, 0.6) is 0 Å². The minimum Gasteiger partial charge on any atom is -0.447 e. The lowest BCUT2D eigenvalue weighted by Crippen LogP contribution is -2.46. The number of ether oxygens (including phenoxy) is 1. The highest BCUT2D eigenvalue weighted by Gasteiger charge is 2.46. The second-order valence-electron chi connectivity index (χ2n) is 4.66. The maximum atomic E-state index is 11.7. The summed E-state index contributed by atoms with van der Waals surface area (Å²) >= 11 is 0. The zero-order valence-corrected chi connectivity index (χ0v) is 9.93. The van der Waals surface area contributed by atoms with Crippen molar-refractivity contribution in [2.45, 2.75) is 32.4 Å². The Morgan fingerprint density at radius 3 is 2.50 bits per heavy atom. The predicted molar refractivity (Wildman–Crippen MR) is 62.1 cm³/mol. The van der Waals surface area contributed by atoms with Crippen molar-refractivity contribution in [3.8, 4) is 0 Å². The van der Waals surface area contributed by atoms with Gasteiger partial charge in [-0.15, -0.1) is 0 Å². The highest BCUT2D eigenvalue weighted by molar-refractivity contribution is 5.72. The van der Waals surface area contributed by atoms with Gasteiger partial charge in [0.1, 0.15) is 12.1 Å². The average molecular weight is 219 g/mol. The predicted octanol–water partition coefficient (Wildman–Crippen LogP) is 2.76. The standard InChI is InChI=1S/C13H17NO2/c1-10(2)14-12(15)16-9-13(14,3)11-7-5-4-6-8-11/h4-8,10H,9H2,1-3H3. The molecule has 1 atom stereocenters. The fourth-order valence-electron chi connectivity index (χ4n) is 2.34. The van der Waals surface area contributed by atoms with E-state index in [-0.39, 0.29) is 17.7 Å². The van der Waals surface area contributed by atoms with Gasteiger partial charge in [-0.2, -0.15) is 0 Å². The van der Waals surface area contributed by atoms with Crippen molar-refractivity contribution in [2.24, 2.45) is 0 Å². The van der Waals surface area contributed by atoms with Gasteiger partial charge >= 0.3 is 6.09 Å². The molecule has 0 radical (unpaired) electrons. The molecule has 0 spiro atoms. The molecule has 3 heteroatoms. The molecule has 1 aliphatic rings. The molecule has 1 aromatic rings. The number of rotatable bonds is 2. The van der Waals surface area contributed by atoms with Crippen LogP contribution in [0, 0.1) is 0 Å². The van der Waals surface area contributed by atoms with Gasteiger partial charge in [0.25, 0.3) is 0 Å². The fourth-order valence-corrected chi connectivity index (χ4v) is 2.34. The number of nitrogens with zero attached hydrogens (tertiary/aromatic N) is 1. The topological polar surface area (TPSA) is 29.5 Å². The minimum atomic E-state index is -0.341. The molecule has 1 unspecified atom stereocenters. The van der Waals surface area contributed by atoms with E-state index in [9.17, 15) is 4.79 Å². The van der Waals surface area contributed by atoms with Gasteiger partial charge in [0.15, 0.2) is 0 Å².